The zero-order valence-electron chi connectivity index (χ0n) is 17.5. The maximum absolute atomic E-state index is 13.1. The molecule has 1 aliphatic heterocycles. The minimum Gasteiger partial charge on any atom is -0.355 e. The molecule has 1 aromatic heterocycles. The zero-order valence-corrected chi connectivity index (χ0v) is 18.3. The maximum Gasteiger partial charge on any atom is 0.261 e. The number of carbonyl (C=O) groups is 1. The number of anilines is 3. The molecule has 1 saturated heterocycles. The van der Waals surface area contributed by atoms with E-state index in [4.69, 9.17) is 0 Å². The molecule has 1 aliphatic rings. The van der Waals surface area contributed by atoms with Gasteiger partial charge >= 0.3 is 0 Å². The zero-order chi connectivity index (χ0) is 22.7. The quantitative estimate of drug-likeness (QED) is 0.583. The fraction of sp³-hybridized carbons (Fsp3) is 0.217. The molecule has 0 aliphatic carbocycles. The fourth-order valence-electron chi connectivity index (χ4n) is 3.61. The van der Waals surface area contributed by atoms with Crippen LogP contribution in [0.3, 0.4) is 0 Å². The molecule has 0 radical (unpaired) electrons. The van der Waals surface area contributed by atoms with E-state index in [0.717, 1.165) is 38.1 Å². The molecule has 2 heterocycles. The first kappa shape index (κ1) is 21.8. The summed E-state index contributed by atoms with van der Waals surface area (Å²) in [7, 11) is -3.97. The second-order valence-electron chi connectivity index (χ2n) is 7.61. The van der Waals surface area contributed by atoms with Crippen LogP contribution in [0.4, 0.5) is 21.6 Å². The van der Waals surface area contributed by atoms with Crippen LogP contribution in [0.1, 0.15) is 28.8 Å². The summed E-state index contributed by atoms with van der Waals surface area (Å²) in [6.07, 6.45) is 3.83. The number of hydrogen-bond donors (Lipinski definition) is 2. The Labute approximate surface area is 186 Å². The normalized spacial score (nSPS) is 13.8. The van der Waals surface area contributed by atoms with Crippen molar-refractivity contribution in [2.24, 2.45) is 0 Å². The van der Waals surface area contributed by atoms with Crippen LogP contribution in [0.25, 0.3) is 0 Å². The van der Waals surface area contributed by atoms with Crippen LogP contribution in [0.5, 0.6) is 0 Å². The Balaban J connectivity index is 1.59. The van der Waals surface area contributed by atoms with Gasteiger partial charge in [0.1, 0.15) is 5.82 Å². The highest BCUT2D eigenvalue weighted by Gasteiger charge is 2.21. The van der Waals surface area contributed by atoms with Crippen LogP contribution in [-0.2, 0) is 10.0 Å². The van der Waals surface area contributed by atoms with Crippen molar-refractivity contribution in [1.29, 1.82) is 0 Å². The largest absolute Gasteiger partial charge is 0.355 e. The highest BCUT2D eigenvalue weighted by Crippen LogP contribution is 2.27. The Bertz CT molecular complexity index is 1240. The minimum absolute atomic E-state index is 0.0662. The molecule has 3 aromatic rings. The number of rotatable bonds is 6. The smallest absolute Gasteiger partial charge is 0.261 e. The fourth-order valence-corrected chi connectivity index (χ4v) is 4.69. The summed E-state index contributed by atoms with van der Waals surface area (Å²) in [6, 6.07) is 12.9. The van der Waals surface area contributed by atoms with Crippen molar-refractivity contribution in [3.05, 3.63) is 77.7 Å². The average Bonchev–Trinajstić information content (AvgIpc) is 3.30. The molecule has 0 unspecified atom stereocenters. The monoisotopic (exact) mass is 454 g/mol. The molecule has 9 heteroatoms. The Morgan fingerprint density at radius 1 is 1.06 bits per heavy atom. The second-order valence-corrected chi connectivity index (χ2v) is 9.29. The van der Waals surface area contributed by atoms with Crippen LogP contribution in [0.2, 0.25) is 0 Å². The van der Waals surface area contributed by atoms with Gasteiger partial charge in [-0.15, -0.1) is 0 Å². The molecule has 0 saturated carbocycles. The molecule has 2 N–H and O–H groups in total. The highest BCUT2D eigenvalue weighted by atomic mass is 32.2. The Hall–Kier alpha value is -3.46. The summed E-state index contributed by atoms with van der Waals surface area (Å²) in [4.78, 5) is 19.5. The summed E-state index contributed by atoms with van der Waals surface area (Å²) in [5, 5.41) is 2.88. The molecule has 1 amide bonds. The number of pyridine rings is 1. The van der Waals surface area contributed by atoms with E-state index in [0.29, 0.717) is 17.1 Å². The molecule has 2 aromatic carbocycles. The maximum atomic E-state index is 13.1. The molecule has 166 valence electrons. The van der Waals surface area contributed by atoms with E-state index in [1.807, 2.05) is 0 Å². The van der Waals surface area contributed by atoms with E-state index in [1.54, 1.807) is 31.3 Å². The van der Waals surface area contributed by atoms with E-state index >= 15 is 0 Å². The number of amides is 1. The number of aryl methyl sites for hydroxylation is 1. The van der Waals surface area contributed by atoms with E-state index in [1.165, 1.54) is 24.3 Å². The SMILES string of the molecule is Cc1ccc(S(=O)(=O)Nc2ccc(F)cc2)cc1C(=O)Nc1cccnc1N1CCCC1. The lowest BCUT2D eigenvalue weighted by Crippen LogP contribution is -2.23. The lowest BCUT2D eigenvalue weighted by Gasteiger charge is -2.20. The molecule has 1 fully saturated rings. The van der Waals surface area contributed by atoms with Crippen LogP contribution < -0.4 is 14.9 Å². The number of benzene rings is 2. The Morgan fingerprint density at radius 2 is 1.78 bits per heavy atom. The second kappa shape index (κ2) is 8.96. The van der Waals surface area contributed by atoms with Gasteiger partial charge in [-0.2, -0.15) is 0 Å². The van der Waals surface area contributed by atoms with Gasteiger partial charge in [0.15, 0.2) is 5.82 Å². The van der Waals surface area contributed by atoms with Crippen molar-refractivity contribution in [1.82, 2.24) is 4.98 Å². The van der Waals surface area contributed by atoms with Crippen molar-refractivity contribution >= 4 is 33.1 Å². The summed E-state index contributed by atoms with van der Waals surface area (Å²) in [6.45, 7) is 3.49. The lowest BCUT2D eigenvalue weighted by atomic mass is 10.1. The Morgan fingerprint density at radius 3 is 2.50 bits per heavy atom. The summed E-state index contributed by atoms with van der Waals surface area (Å²) in [5.41, 5.74) is 1.68. The first-order valence-electron chi connectivity index (χ1n) is 10.2. The molecule has 4 rings (SSSR count). The third-order valence-electron chi connectivity index (χ3n) is 5.30. The summed E-state index contributed by atoms with van der Waals surface area (Å²) < 4.78 is 41.1. The van der Waals surface area contributed by atoms with Crippen molar-refractivity contribution in [2.45, 2.75) is 24.7 Å². The van der Waals surface area contributed by atoms with Crippen molar-refractivity contribution in [2.75, 3.05) is 28.0 Å². The van der Waals surface area contributed by atoms with E-state index < -0.39 is 21.7 Å². The standard InChI is InChI=1S/C23H23FN4O3S/c1-16-6-11-19(32(30,31)27-18-9-7-17(24)8-10-18)15-20(16)23(29)26-21-5-4-12-25-22(21)28-13-2-3-14-28/h4-12,15,27H,2-3,13-14H2,1H3,(H,26,29). The van der Waals surface area contributed by atoms with E-state index in [2.05, 4.69) is 19.9 Å². The van der Waals surface area contributed by atoms with Gasteiger partial charge in [0.05, 0.1) is 10.6 Å². The number of carbonyl (C=O) groups excluding carboxylic acids is 1. The van der Waals surface area contributed by atoms with E-state index in [-0.39, 0.29) is 16.1 Å². The van der Waals surface area contributed by atoms with Crippen LogP contribution in [0, 0.1) is 12.7 Å². The molecule has 32 heavy (non-hydrogen) atoms. The van der Waals surface area contributed by atoms with Crippen LogP contribution >= 0.6 is 0 Å². The number of aromatic nitrogens is 1. The minimum atomic E-state index is -3.97. The highest BCUT2D eigenvalue weighted by molar-refractivity contribution is 7.92. The van der Waals surface area contributed by atoms with Gasteiger partial charge in [0.25, 0.3) is 15.9 Å². The van der Waals surface area contributed by atoms with Crippen LogP contribution in [0.15, 0.2) is 65.7 Å². The lowest BCUT2D eigenvalue weighted by molar-refractivity contribution is 0.102. The number of nitrogens with one attached hydrogen (secondary N) is 2. The molecule has 0 atom stereocenters. The predicted octanol–water partition coefficient (Wildman–Crippen LogP) is 4.18. The number of sulfonamides is 1. The molecule has 0 bridgehead atoms. The van der Waals surface area contributed by atoms with Gasteiger partial charge < -0.3 is 10.2 Å². The van der Waals surface area contributed by atoms with Gasteiger partial charge in [-0.05, 0) is 73.9 Å². The van der Waals surface area contributed by atoms with Crippen LogP contribution in [-0.4, -0.2) is 32.4 Å². The summed E-state index contributed by atoms with van der Waals surface area (Å²) in [5.74, 6) is -0.182. The average molecular weight is 455 g/mol. The molecular weight excluding hydrogens is 431 g/mol. The van der Waals surface area contributed by atoms with Gasteiger partial charge in [0.2, 0.25) is 0 Å². The third-order valence-corrected chi connectivity index (χ3v) is 6.68. The van der Waals surface area contributed by atoms with Crippen molar-refractivity contribution < 1.29 is 17.6 Å². The number of hydrogen-bond acceptors (Lipinski definition) is 5. The first-order valence-corrected chi connectivity index (χ1v) is 11.7. The molecule has 0 spiro atoms. The summed E-state index contributed by atoms with van der Waals surface area (Å²) >= 11 is 0. The van der Waals surface area contributed by atoms with Gasteiger partial charge in [-0.3, -0.25) is 9.52 Å². The first-order chi connectivity index (χ1) is 15.3. The Kier molecular flexibility index (Phi) is 6.09. The van der Waals surface area contributed by atoms with Crippen molar-refractivity contribution in [3.63, 3.8) is 0 Å². The van der Waals surface area contributed by atoms with Gasteiger partial charge in [-0.25, -0.2) is 17.8 Å². The molecular formula is C23H23FN4O3S. The third kappa shape index (κ3) is 4.72. The topological polar surface area (TPSA) is 91.4 Å². The van der Waals surface area contributed by atoms with Crippen molar-refractivity contribution in [3.8, 4) is 0 Å². The van der Waals surface area contributed by atoms with E-state index in [9.17, 15) is 17.6 Å². The molecule has 7 nitrogen and oxygen atoms in total. The number of nitrogens with zero attached hydrogens (tertiary/aromatic N) is 2. The van der Waals surface area contributed by atoms with Gasteiger partial charge in [0, 0.05) is 30.5 Å². The van der Waals surface area contributed by atoms with Gasteiger partial charge in [-0.1, -0.05) is 6.07 Å². The predicted molar refractivity (Wildman–Crippen MR) is 122 cm³/mol. The number of halogens is 1.